The monoisotopic (exact) mass is 284 g/mol. The van der Waals surface area contributed by atoms with Gasteiger partial charge in [-0.15, -0.1) is 0 Å². The maximum atomic E-state index is 10.5. The molecule has 0 heterocycles. The summed E-state index contributed by atoms with van der Waals surface area (Å²) < 4.78 is 0. The maximum absolute atomic E-state index is 10.5. The van der Waals surface area contributed by atoms with Crippen molar-refractivity contribution in [1.82, 2.24) is 0 Å². The molecule has 114 valence electrons. The Labute approximate surface area is 128 Å². The fraction of sp³-hybridized carbons (Fsp3) is 0.700. The predicted octanol–water partition coefficient (Wildman–Crippen LogP) is 5.29. The molecule has 0 spiro atoms. The summed E-state index contributed by atoms with van der Waals surface area (Å²) in [6.07, 6.45) is 8.57. The van der Waals surface area contributed by atoms with Gasteiger partial charge in [-0.1, -0.05) is 19.9 Å². The summed E-state index contributed by atoms with van der Waals surface area (Å²) in [5.41, 5.74) is 4.36. The Balaban J connectivity index is 1.86. The van der Waals surface area contributed by atoms with Crippen LogP contribution in [0.3, 0.4) is 0 Å². The van der Waals surface area contributed by atoms with Gasteiger partial charge in [-0.2, -0.15) is 0 Å². The van der Waals surface area contributed by atoms with Crippen molar-refractivity contribution in [2.75, 3.05) is 0 Å². The fourth-order valence-corrected chi connectivity index (χ4v) is 6.26. The van der Waals surface area contributed by atoms with E-state index in [0.29, 0.717) is 17.1 Å². The second-order valence-corrected chi connectivity index (χ2v) is 8.60. The molecule has 21 heavy (non-hydrogen) atoms. The van der Waals surface area contributed by atoms with Crippen molar-refractivity contribution in [3.05, 3.63) is 28.8 Å². The van der Waals surface area contributed by atoms with Crippen molar-refractivity contribution in [1.29, 1.82) is 0 Å². The summed E-state index contributed by atoms with van der Waals surface area (Å²) in [6, 6.07) is 4.36. The minimum atomic E-state index is 0.387. The molecule has 1 heteroatoms. The van der Waals surface area contributed by atoms with Crippen LogP contribution in [-0.2, 0) is 5.41 Å². The van der Waals surface area contributed by atoms with Crippen molar-refractivity contribution in [2.24, 2.45) is 17.8 Å². The highest BCUT2D eigenvalue weighted by atomic mass is 16.3. The Morgan fingerprint density at radius 3 is 2.00 bits per heavy atom. The molecule has 5 rings (SSSR count). The Bertz CT molecular complexity index is 534. The smallest absolute Gasteiger partial charge is 0.119 e. The van der Waals surface area contributed by atoms with Gasteiger partial charge in [-0.25, -0.2) is 0 Å². The van der Waals surface area contributed by atoms with Crippen LogP contribution in [0.2, 0.25) is 0 Å². The molecule has 4 saturated carbocycles. The molecule has 0 radical (unpaired) electrons. The molecular weight excluding hydrogens is 256 g/mol. The zero-order valence-corrected chi connectivity index (χ0v) is 13.7. The number of aromatic hydroxyl groups is 1. The van der Waals surface area contributed by atoms with E-state index < -0.39 is 0 Å². The highest BCUT2D eigenvalue weighted by molar-refractivity contribution is 5.49. The van der Waals surface area contributed by atoms with Gasteiger partial charge in [0, 0.05) is 5.56 Å². The number of aryl methyl sites for hydroxylation is 1. The molecule has 0 aliphatic heterocycles. The zero-order valence-electron chi connectivity index (χ0n) is 13.7. The van der Waals surface area contributed by atoms with Crippen molar-refractivity contribution in [2.45, 2.75) is 70.6 Å². The normalized spacial score (nSPS) is 37.4. The molecule has 0 amide bonds. The quantitative estimate of drug-likeness (QED) is 0.782. The first-order valence-corrected chi connectivity index (χ1v) is 8.81. The van der Waals surface area contributed by atoms with E-state index in [1.54, 1.807) is 0 Å². The van der Waals surface area contributed by atoms with Crippen LogP contribution in [0.25, 0.3) is 0 Å². The lowest BCUT2D eigenvalue weighted by Crippen LogP contribution is -2.49. The Morgan fingerprint density at radius 2 is 1.52 bits per heavy atom. The SMILES string of the molecule is Cc1cc(O)c(C(C)C)c(C23CC4CC(CC(C4)C2)C3)c1. The molecule has 0 atom stereocenters. The highest BCUT2D eigenvalue weighted by Gasteiger charge is 2.52. The molecule has 1 N–H and O–H groups in total. The van der Waals surface area contributed by atoms with Gasteiger partial charge in [0.2, 0.25) is 0 Å². The molecule has 4 fully saturated rings. The first-order valence-electron chi connectivity index (χ1n) is 8.81. The van der Waals surface area contributed by atoms with E-state index >= 15 is 0 Å². The molecule has 1 nitrogen and oxygen atoms in total. The summed E-state index contributed by atoms with van der Waals surface area (Å²) in [5, 5.41) is 10.5. The number of benzene rings is 1. The van der Waals surface area contributed by atoms with Crippen LogP contribution in [0.1, 0.15) is 75.0 Å². The first kappa shape index (κ1) is 13.7. The molecule has 1 aromatic rings. The van der Waals surface area contributed by atoms with E-state index in [9.17, 15) is 5.11 Å². The summed E-state index contributed by atoms with van der Waals surface area (Å²) in [6.45, 7) is 6.59. The fourth-order valence-electron chi connectivity index (χ4n) is 6.26. The number of hydrogen-bond donors (Lipinski definition) is 1. The number of rotatable bonds is 2. The van der Waals surface area contributed by atoms with Gasteiger partial charge in [0.15, 0.2) is 0 Å². The van der Waals surface area contributed by atoms with Gasteiger partial charge in [-0.05, 0) is 91.7 Å². The van der Waals surface area contributed by atoms with E-state index in [4.69, 9.17) is 0 Å². The lowest BCUT2D eigenvalue weighted by atomic mass is 9.47. The molecule has 4 bridgehead atoms. The highest BCUT2D eigenvalue weighted by Crippen LogP contribution is 2.62. The second-order valence-electron chi connectivity index (χ2n) is 8.60. The number of phenols is 1. The van der Waals surface area contributed by atoms with Gasteiger partial charge in [0.05, 0.1) is 0 Å². The molecule has 0 aromatic heterocycles. The van der Waals surface area contributed by atoms with Gasteiger partial charge in [0.25, 0.3) is 0 Å². The Kier molecular flexibility index (Phi) is 2.93. The van der Waals surface area contributed by atoms with Gasteiger partial charge >= 0.3 is 0 Å². The third-order valence-corrected chi connectivity index (χ3v) is 6.49. The minimum absolute atomic E-state index is 0.387. The third-order valence-electron chi connectivity index (χ3n) is 6.49. The van der Waals surface area contributed by atoms with E-state index in [2.05, 4.69) is 26.8 Å². The van der Waals surface area contributed by atoms with Crippen LogP contribution in [0.5, 0.6) is 5.75 Å². The molecule has 0 saturated heterocycles. The van der Waals surface area contributed by atoms with Gasteiger partial charge in [-0.3, -0.25) is 0 Å². The standard InChI is InChI=1S/C20H28O/c1-12(2)19-17(4-13(3)5-18(19)21)20-9-14-6-15(10-20)8-16(7-14)11-20/h4-5,12,14-16,21H,6-11H2,1-3H3. The predicted molar refractivity (Wildman–Crippen MR) is 86.8 cm³/mol. The zero-order chi connectivity index (χ0) is 14.8. The lowest BCUT2D eigenvalue weighted by Gasteiger charge is -2.57. The Hall–Kier alpha value is -0.980. The van der Waals surface area contributed by atoms with Crippen LogP contribution in [0.4, 0.5) is 0 Å². The van der Waals surface area contributed by atoms with Crippen molar-refractivity contribution < 1.29 is 5.11 Å². The van der Waals surface area contributed by atoms with Crippen molar-refractivity contribution in [3.8, 4) is 5.75 Å². The summed E-state index contributed by atoms with van der Waals surface area (Å²) in [4.78, 5) is 0. The van der Waals surface area contributed by atoms with E-state index in [1.807, 2.05) is 6.07 Å². The topological polar surface area (TPSA) is 20.2 Å². The summed E-state index contributed by atoms with van der Waals surface area (Å²) in [5.74, 6) is 3.82. The molecule has 4 aliphatic carbocycles. The number of phenolic OH excluding ortho intramolecular Hbond substituents is 1. The van der Waals surface area contributed by atoms with E-state index in [0.717, 1.165) is 17.8 Å². The largest absolute Gasteiger partial charge is 0.508 e. The van der Waals surface area contributed by atoms with Gasteiger partial charge < -0.3 is 5.11 Å². The maximum Gasteiger partial charge on any atom is 0.119 e. The van der Waals surface area contributed by atoms with Crippen LogP contribution in [-0.4, -0.2) is 5.11 Å². The molecule has 4 aliphatic rings. The molecular formula is C20H28O. The first-order chi connectivity index (χ1) is 9.97. The van der Waals surface area contributed by atoms with Crippen LogP contribution < -0.4 is 0 Å². The van der Waals surface area contributed by atoms with Crippen LogP contribution >= 0.6 is 0 Å². The second kappa shape index (κ2) is 4.51. The lowest BCUT2D eigenvalue weighted by molar-refractivity contribution is -0.00580. The minimum Gasteiger partial charge on any atom is -0.508 e. The average Bonchev–Trinajstić information content (AvgIpc) is 2.35. The summed E-state index contributed by atoms with van der Waals surface area (Å²) in [7, 11) is 0. The van der Waals surface area contributed by atoms with Gasteiger partial charge in [0.1, 0.15) is 5.75 Å². The molecule has 1 aromatic carbocycles. The van der Waals surface area contributed by atoms with Crippen molar-refractivity contribution >= 4 is 0 Å². The summed E-state index contributed by atoms with van der Waals surface area (Å²) >= 11 is 0. The van der Waals surface area contributed by atoms with Crippen LogP contribution in [0.15, 0.2) is 12.1 Å². The van der Waals surface area contributed by atoms with E-state index in [-0.39, 0.29) is 0 Å². The third kappa shape index (κ3) is 2.04. The van der Waals surface area contributed by atoms with E-state index in [1.165, 1.54) is 55.2 Å². The van der Waals surface area contributed by atoms with Crippen LogP contribution in [0, 0.1) is 24.7 Å². The number of hydrogen-bond acceptors (Lipinski definition) is 1. The Morgan fingerprint density at radius 1 is 1.00 bits per heavy atom. The average molecular weight is 284 g/mol. The van der Waals surface area contributed by atoms with Crippen molar-refractivity contribution in [3.63, 3.8) is 0 Å². The molecule has 0 unspecified atom stereocenters.